The van der Waals surface area contributed by atoms with Crippen LogP contribution in [-0.4, -0.2) is 41.2 Å². The number of rotatable bonds is 8. The molecule has 6 heteroatoms. The smallest absolute Gasteiger partial charge is 0.295 e. The number of para-hydroxylation sites is 1. The molecule has 0 aliphatic heterocycles. The zero-order valence-electron chi connectivity index (χ0n) is 15.4. The number of nitrogens with zero attached hydrogens (tertiary/aromatic N) is 1. The molecule has 3 N–H and O–H groups in total. The molecule has 3 rings (SSSR count). The van der Waals surface area contributed by atoms with Crippen LogP contribution in [0.5, 0.6) is 0 Å². The fraction of sp³-hybridized carbons (Fsp3) is 0.182. The van der Waals surface area contributed by atoms with Gasteiger partial charge in [0.05, 0.1) is 12.1 Å². The lowest BCUT2D eigenvalue weighted by Crippen LogP contribution is -2.38. The average molecular weight is 396 g/mol. The second kappa shape index (κ2) is 9.35. The van der Waals surface area contributed by atoms with Gasteiger partial charge in [0, 0.05) is 28.7 Å². The summed E-state index contributed by atoms with van der Waals surface area (Å²) in [6.45, 7) is 0.941. The SMILES string of the molecule is NCCCN(C/C(Cl)=C/c1ccccc1)C(=O)C(=O)c1c[nH]c2ccccc12. The lowest BCUT2D eigenvalue weighted by atomic mass is 10.1. The van der Waals surface area contributed by atoms with E-state index in [1.54, 1.807) is 12.3 Å². The summed E-state index contributed by atoms with van der Waals surface area (Å²) in [5.74, 6) is -1.14. The summed E-state index contributed by atoms with van der Waals surface area (Å²) >= 11 is 6.38. The van der Waals surface area contributed by atoms with Crippen LogP contribution in [0.2, 0.25) is 0 Å². The minimum Gasteiger partial charge on any atom is -0.360 e. The van der Waals surface area contributed by atoms with E-state index < -0.39 is 11.7 Å². The predicted octanol–water partition coefficient (Wildman–Crippen LogP) is 3.81. The highest BCUT2D eigenvalue weighted by molar-refractivity contribution is 6.45. The van der Waals surface area contributed by atoms with Crippen molar-refractivity contribution in [2.45, 2.75) is 6.42 Å². The van der Waals surface area contributed by atoms with Crippen LogP contribution in [0.15, 0.2) is 65.8 Å². The number of ketones is 1. The van der Waals surface area contributed by atoms with Gasteiger partial charge in [-0.3, -0.25) is 9.59 Å². The molecule has 5 nitrogen and oxygen atoms in total. The van der Waals surface area contributed by atoms with Crippen molar-refractivity contribution in [2.24, 2.45) is 5.73 Å². The first kappa shape index (κ1) is 19.9. The minimum absolute atomic E-state index is 0.156. The maximum absolute atomic E-state index is 12.9. The average Bonchev–Trinajstić information content (AvgIpc) is 3.15. The van der Waals surface area contributed by atoms with Crippen LogP contribution in [0, 0.1) is 0 Å². The molecule has 0 unspecified atom stereocenters. The van der Waals surface area contributed by atoms with Gasteiger partial charge in [0.2, 0.25) is 0 Å². The van der Waals surface area contributed by atoms with Crippen LogP contribution in [0.3, 0.4) is 0 Å². The summed E-state index contributed by atoms with van der Waals surface area (Å²) in [5, 5.41) is 1.20. The molecule has 0 saturated heterocycles. The molecular weight excluding hydrogens is 374 g/mol. The summed E-state index contributed by atoms with van der Waals surface area (Å²) in [4.78, 5) is 30.3. The van der Waals surface area contributed by atoms with Crippen molar-refractivity contribution in [1.29, 1.82) is 0 Å². The Hall–Kier alpha value is -2.89. The Morgan fingerprint density at radius 2 is 1.79 bits per heavy atom. The van der Waals surface area contributed by atoms with Crippen LogP contribution in [0.25, 0.3) is 17.0 Å². The van der Waals surface area contributed by atoms with Crippen molar-refractivity contribution in [1.82, 2.24) is 9.88 Å². The third-order valence-electron chi connectivity index (χ3n) is 4.41. The number of halogens is 1. The third kappa shape index (κ3) is 4.68. The Balaban J connectivity index is 1.81. The maximum Gasteiger partial charge on any atom is 0.295 e. The predicted molar refractivity (Wildman–Crippen MR) is 113 cm³/mol. The van der Waals surface area contributed by atoms with Crippen LogP contribution >= 0.6 is 11.6 Å². The van der Waals surface area contributed by atoms with E-state index in [1.807, 2.05) is 54.6 Å². The fourth-order valence-corrected chi connectivity index (χ4v) is 3.28. The molecule has 0 saturated carbocycles. The van der Waals surface area contributed by atoms with Crippen molar-refractivity contribution < 1.29 is 9.59 Å². The molecule has 0 atom stereocenters. The Labute approximate surface area is 168 Å². The highest BCUT2D eigenvalue weighted by Gasteiger charge is 2.25. The van der Waals surface area contributed by atoms with E-state index in [0.717, 1.165) is 16.5 Å². The molecule has 144 valence electrons. The molecule has 1 heterocycles. The lowest BCUT2D eigenvalue weighted by molar-refractivity contribution is -0.126. The summed E-state index contributed by atoms with van der Waals surface area (Å²) in [6, 6.07) is 17.0. The van der Waals surface area contributed by atoms with Crippen LogP contribution in [0.4, 0.5) is 0 Å². The topological polar surface area (TPSA) is 79.2 Å². The quantitative estimate of drug-likeness (QED) is 0.449. The standard InChI is InChI=1S/C22H22ClN3O2/c23-17(13-16-7-2-1-3-8-16)15-26(12-6-11-24)22(28)21(27)19-14-25-20-10-5-4-9-18(19)20/h1-5,7-10,13-14,25H,6,11-12,15,24H2/b17-13-. The summed E-state index contributed by atoms with van der Waals surface area (Å²) in [5.41, 5.74) is 7.71. The van der Waals surface area contributed by atoms with E-state index in [2.05, 4.69) is 4.98 Å². The van der Waals surface area contributed by atoms with Gasteiger partial charge >= 0.3 is 0 Å². The molecule has 0 bridgehead atoms. The number of H-pyrrole nitrogens is 1. The number of carbonyl (C=O) groups is 2. The molecule has 0 radical (unpaired) electrons. The van der Waals surface area contributed by atoms with Crippen LogP contribution in [-0.2, 0) is 4.79 Å². The Bertz CT molecular complexity index is 995. The molecule has 0 fully saturated rings. The number of nitrogens with one attached hydrogen (secondary N) is 1. The van der Waals surface area contributed by atoms with E-state index in [9.17, 15) is 9.59 Å². The number of aromatic nitrogens is 1. The maximum atomic E-state index is 12.9. The van der Waals surface area contributed by atoms with Gasteiger partial charge in [-0.25, -0.2) is 0 Å². The molecule has 2 aromatic carbocycles. The zero-order valence-corrected chi connectivity index (χ0v) is 16.2. The van der Waals surface area contributed by atoms with Gasteiger partial charge in [-0.1, -0.05) is 60.1 Å². The molecule has 0 spiro atoms. The number of fused-ring (bicyclic) bond motifs is 1. The largest absolute Gasteiger partial charge is 0.360 e. The summed E-state index contributed by atoms with van der Waals surface area (Å²) in [6.07, 6.45) is 3.95. The number of carbonyl (C=O) groups excluding carboxylic acids is 2. The van der Waals surface area contributed by atoms with E-state index in [1.165, 1.54) is 4.90 Å². The van der Waals surface area contributed by atoms with E-state index in [4.69, 9.17) is 17.3 Å². The molecule has 1 amide bonds. The van der Waals surface area contributed by atoms with Gasteiger partial charge in [-0.2, -0.15) is 0 Å². The van der Waals surface area contributed by atoms with Gasteiger partial charge in [0.1, 0.15) is 0 Å². The van der Waals surface area contributed by atoms with Crippen molar-refractivity contribution >= 4 is 40.3 Å². The fourth-order valence-electron chi connectivity index (χ4n) is 3.01. The molecule has 0 aliphatic rings. The molecule has 1 aromatic heterocycles. The normalized spacial score (nSPS) is 11.6. The van der Waals surface area contributed by atoms with Gasteiger partial charge in [-0.15, -0.1) is 0 Å². The van der Waals surface area contributed by atoms with Crippen LogP contribution in [0.1, 0.15) is 22.3 Å². The first-order valence-corrected chi connectivity index (χ1v) is 9.49. The van der Waals surface area contributed by atoms with Crippen molar-refractivity contribution in [2.75, 3.05) is 19.6 Å². The highest BCUT2D eigenvalue weighted by atomic mass is 35.5. The first-order valence-electron chi connectivity index (χ1n) is 9.11. The summed E-state index contributed by atoms with van der Waals surface area (Å²) < 4.78 is 0. The Kier molecular flexibility index (Phi) is 6.63. The number of Topliss-reactive ketones (excluding diaryl/α,β-unsaturated/α-hetero) is 1. The molecule has 28 heavy (non-hydrogen) atoms. The first-order chi connectivity index (χ1) is 13.6. The van der Waals surface area contributed by atoms with Gasteiger partial charge in [0.15, 0.2) is 0 Å². The van der Waals surface area contributed by atoms with E-state index in [-0.39, 0.29) is 6.54 Å². The lowest BCUT2D eigenvalue weighted by Gasteiger charge is -2.21. The minimum atomic E-state index is -0.585. The molecular formula is C22H22ClN3O2. The van der Waals surface area contributed by atoms with Crippen molar-refractivity contribution in [3.05, 3.63) is 77.0 Å². The monoisotopic (exact) mass is 395 g/mol. The zero-order chi connectivity index (χ0) is 19.9. The number of aromatic amines is 1. The second-order valence-corrected chi connectivity index (χ2v) is 6.93. The van der Waals surface area contributed by atoms with Gasteiger partial charge < -0.3 is 15.6 Å². The Morgan fingerprint density at radius 3 is 2.54 bits per heavy atom. The van der Waals surface area contributed by atoms with Gasteiger partial charge in [0.25, 0.3) is 11.7 Å². The van der Waals surface area contributed by atoms with Crippen molar-refractivity contribution in [3.63, 3.8) is 0 Å². The van der Waals surface area contributed by atoms with Crippen LogP contribution < -0.4 is 5.73 Å². The number of benzene rings is 2. The van der Waals surface area contributed by atoms with E-state index >= 15 is 0 Å². The van der Waals surface area contributed by atoms with Gasteiger partial charge in [-0.05, 0) is 30.7 Å². The molecule has 0 aliphatic carbocycles. The highest BCUT2D eigenvalue weighted by Crippen LogP contribution is 2.20. The second-order valence-electron chi connectivity index (χ2n) is 6.45. The number of hydrogen-bond acceptors (Lipinski definition) is 3. The number of amides is 1. The van der Waals surface area contributed by atoms with E-state index in [0.29, 0.717) is 30.1 Å². The molecule has 3 aromatic rings. The summed E-state index contributed by atoms with van der Waals surface area (Å²) in [7, 11) is 0. The number of hydrogen-bond donors (Lipinski definition) is 2. The number of nitrogens with two attached hydrogens (primary N) is 1. The third-order valence-corrected chi connectivity index (χ3v) is 4.64. The van der Waals surface area contributed by atoms with Crippen molar-refractivity contribution in [3.8, 4) is 0 Å². The Morgan fingerprint density at radius 1 is 1.07 bits per heavy atom.